The lowest BCUT2D eigenvalue weighted by Gasteiger charge is -2.38. The van der Waals surface area contributed by atoms with Gasteiger partial charge in [0.2, 0.25) is 10.0 Å². The van der Waals surface area contributed by atoms with Crippen molar-refractivity contribution in [1.82, 2.24) is 20.1 Å². The van der Waals surface area contributed by atoms with E-state index in [1.54, 1.807) is 10.4 Å². The predicted octanol–water partition coefficient (Wildman–Crippen LogP) is 0.309. The maximum atomic E-state index is 13.2. The van der Waals surface area contributed by atoms with Gasteiger partial charge in [0, 0.05) is 24.2 Å². The molecule has 30 heavy (non-hydrogen) atoms. The lowest BCUT2D eigenvalue weighted by molar-refractivity contribution is -0.00228. The molecule has 6 rings (SSSR count). The van der Waals surface area contributed by atoms with E-state index in [1.165, 1.54) is 0 Å². The average Bonchev–Trinajstić information content (AvgIpc) is 3.11. The fourth-order valence-electron chi connectivity index (χ4n) is 6.08. The highest BCUT2D eigenvalue weighted by Crippen LogP contribution is 2.50. The van der Waals surface area contributed by atoms with Gasteiger partial charge in [-0.1, -0.05) is 5.16 Å². The summed E-state index contributed by atoms with van der Waals surface area (Å²) in [7, 11) is -3.25. The fraction of sp³-hybridized carbons (Fsp3) is 0.800. The third kappa shape index (κ3) is 3.19. The van der Waals surface area contributed by atoms with Crippen molar-refractivity contribution >= 4 is 15.9 Å². The average molecular weight is 437 g/mol. The Hall–Kier alpha value is -1.49. The molecule has 6 atom stereocenters. The van der Waals surface area contributed by atoms with Gasteiger partial charge in [-0.05, 0) is 56.5 Å². The zero-order chi connectivity index (χ0) is 20.5. The zero-order valence-corrected chi connectivity index (χ0v) is 17.6. The maximum absolute atomic E-state index is 13.2. The monoisotopic (exact) mass is 436 g/mol. The molecular formula is C20H28N4O5S. The molecule has 2 N–H and O–H groups in total. The largest absolute Gasteiger partial charge is 0.380 e. The Kier molecular flexibility index (Phi) is 4.49. The number of rotatable bonds is 6. The van der Waals surface area contributed by atoms with Gasteiger partial charge in [-0.3, -0.25) is 4.79 Å². The number of hydrogen-bond donors (Lipinski definition) is 2. The van der Waals surface area contributed by atoms with Crippen molar-refractivity contribution < 1.29 is 22.5 Å². The van der Waals surface area contributed by atoms with Gasteiger partial charge in [0.05, 0.1) is 24.9 Å². The number of carbonyl (C=O) groups excluding carboxylic acids is 1. The number of sulfonamides is 1. The zero-order valence-electron chi connectivity index (χ0n) is 16.8. The minimum absolute atomic E-state index is 0.00393. The van der Waals surface area contributed by atoms with Gasteiger partial charge in [0.15, 0.2) is 5.69 Å². The van der Waals surface area contributed by atoms with Crippen molar-refractivity contribution in [3.63, 3.8) is 0 Å². The van der Waals surface area contributed by atoms with Crippen LogP contribution >= 0.6 is 0 Å². The van der Waals surface area contributed by atoms with Crippen LogP contribution in [0.3, 0.4) is 0 Å². The van der Waals surface area contributed by atoms with E-state index in [2.05, 4.69) is 15.8 Å². The molecular weight excluding hydrogens is 408 g/mol. The van der Waals surface area contributed by atoms with Crippen molar-refractivity contribution in [2.24, 2.45) is 17.8 Å². The second kappa shape index (κ2) is 7.01. The van der Waals surface area contributed by atoms with Crippen LogP contribution in [0.5, 0.6) is 0 Å². The van der Waals surface area contributed by atoms with E-state index in [4.69, 9.17) is 9.26 Å². The van der Waals surface area contributed by atoms with Crippen LogP contribution in [0, 0.1) is 17.8 Å². The maximum Gasteiger partial charge on any atom is 0.273 e. The summed E-state index contributed by atoms with van der Waals surface area (Å²) in [4.78, 5) is 12.6. The topological polar surface area (TPSA) is 114 Å². The number of aromatic nitrogens is 1. The molecule has 1 aliphatic carbocycles. The first kappa shape index (κ1) is 19.2. The van der Waals surface area contributed by atoms with Crippen molar-refractivity contribution in [1.29, 1.82) is 0 Å². The first-order valence-electron chi connectivity index (χ1n) is 11.1. The number of piperidine rings is 2. The van der Waals surface area contributed by atoms with Crippen LogP contribution in [0.15, 0.2) is 10.6 Å². The van der Waals surface area contributed by atoms with Gasteiger partial charge in [0.25, 0.3) is 5.91 Å². The van der Waals surface area contributed by atoms with Crippen LogP contribution in [-0.4, -0.2) is 74.0 Å². The second-order valence-corrected chi connectivity index (χ2v) is 11.6. The van der Waals surface area contributed by atoms with E-state index in [-0.39, 0.29) is 35.6 Å². The van der Waals surface area contributed by atoms with Crippen LogP contribution in [0.25, 0.3) is 0 Å². The Bertz CT molecular complexity index is 921. The third-order valence-corrected chi connectivity index (χ3v) is 9.84. The molecule has 1 aromatic rings. The molecule has 0 spiro atoms. The molecule has 10 heteroatoms. The van der Waals surface area contributed by atoms with Crippen LogP contribution < -0.4 is 10.6 Å². The smallest absolute Gasteiger partial charge is 0.273 e. The molecule has 164 valence electrons. The lowest BCUT2D eigenvalue weighted by Crippen LogP contribution is -2.53. The second-order valence-electron chi connectivity index (χ2n) is 9.63. The number of ether oxygens (including phenoxy) is 1. The molecule has 0 aromatic carbocycles. The summed E-state index contributed by atoms with van der Waals surface area (Å²) >= 11 is 0. The number of nitrogens with zero attached hydrogens (tertiary/aromatic N) is 2. The van der Waals surface area contributed by atoms with Gasteiger partial charge in [-0.15, -0.1) is 0 Å². The van der Waals surface area contributed by atoms with E-state index in [9.17, 15) is 13.2 Å². The summed E-state index contributed by atoms with van der Waals surface area (Å²) in [6.07, 6.45) is 3.10. The molecule has 2 bridgehead atoms. The van der Waals surface area contributed by atoms with Crippen LogP contribution in [0.4, 0.5) is 0 Å². The number of amides is 1. The molecule has 0 radical (unpaired) electrons. The van der Waals surface area contributed by atoms with Crippen molar-refractivity contribution in [3.8, 4) is 0 Å². The summed E-state index contributed by atoms with van der Waals surface area (Å²) in [5.74, 6) is 2.35. The van der Waals surface area contributed by atoms with E-state index in [1.807, 2.05) is 0 Å². The van der Waals surface area contributed by atoms with Gasteiger partial charge in [-0.2, -0.15) is 4.31 Å². The summed E-state index contributed by atoms with van der Waals surface area (Å²) in [5, 5.41) is 10.3. The number of fused-ring (bicyclic) bond motifs is 3. The highest BCUT2D eigenvalue weighted by atomic mass is 32.2. The number of carbonyl (C=O) groups is 1. The number of nitrogens with one attached hydrogen (secondary N) is 2. The van der Waals surface area contributed by atoms with Gasteiger partial charge in [-0.25, -0.2) is 8.42 Å². The highest BCUT2D eigenvalue weighted by Gasteiger charge is 2.56. The van der Waals surface area contributed by atoms with Crippen molar-refractivity contribution in [2.45, 2.75) is 49.7 Å². The molecule has 1 saturated carbocycles. The molecule has 1 aromatic heterocycles. The van der Waals surface area contributed by atoms with Gasteiger partial charge >= 0.3 is 0 Å². The SMILES string of the molecule is O=C(NC1CC2CC[C@@H](C1)N2S(=O)(=O)CC1[C@H]2CNC[C@@H]12)c1cc(C2COC2)on1. The Morgan fingerprint density at radius 1 is 1.20 bits per heavy atom. The first-order chi connectivity index (χ1) is 14.5. The number of hydrogen-bond acceptors (Lipinski definition) is 7. The Morgan fingerprint density at radius 2 is 1.90 bits per heavy atom. The van der Waals surface area contributed by atoms with Crippen LogP contribution in [0.1, 0.15) is 47.8 Å². The molecule has 3 unspecified atom stereocenters. The molecule has 9 nitrogen and oxygen atoms in total. The van der Waals surface area contributed by atoms with Crippen molar-refractivity contribution in [3.05, 3.63) is 17.5 Å². The summed E-state index contributed by atoms with van der Waals surface area (Å²) in [6, 6.07) is 1.66. The molecule has 4 saturated heterocycles. The van der Waals surface area contributed by atoms with E-state index >= 15 is 0 Å². The Balaban J connectivity index is 1.08. The molecule has 1 amide bonds. The molecule has 5 heterocycles. The minimum Gasteiger partial charge on any atom is -0.380 e. The lowest BCUT2D eigenvalue weighted by atomic mass is 9.99. The van der Waals surface area contributed by atoms with E-state index in [0.29, 0.717) is 55.3 Å². The van der Waals surface area contributed by atoms with Crippen molar-refractivity contribution in [2.75, 3.05) is 32.1 Å². The highest BCUT2D eigenvalue weighted by molar-refractivity contribution is 7.89. The third-order valence-electron chi connectivity index (χ3n) is 7.80. The van der Waals surface area contributed by atoms with Gasteiger partial charge < -0.3 is 19.9 Å². The van der Waals surface area contributed by atoms with Gasteiger partial charge in [0.1, 0.15) is 5.76 Å². The normalized spacial score (nSPS) is 38.3. The Labute approximate surface area is 175 Å². The molecule has 5 aliphatic rings. The quantitative estimate of drug-likeness (QED) is 0.660. The molecule has 5 fully saturated rings. The van der Waals surface area contributed by atoms with Crippen LogP contribution in [-0.2, 0) is 14.8 Å². The summed E-state index contributed by atoms with van der Waals surface area (Å²) < 4.78 is 38.6. The van der Waals surface area contributed by atoms with E-state index in [0.717, 1.165) is 25.9 Å². The Morgan fingerprint density at radius 3 is 2.53 bits per heavy atom. The standard InChI is InChI=1S/C20H28N4O5S/c25-20(18-5-19(29-23-18)11-8-28-9-11)22-12-3-13-1-2-14(4-12)24(13)30(26,27)10-17-15-6-21-7-16(15)17/h5,11-17,21H,1-4,6-10H2,(H,22,25)/t12?,13-,14?,15-,16+,17?/m0/s1. The predicted molar refractivity (Wildman–Crippen MR) is 106 cm³/mol. The first-order valence-corrected chi connectivity index (χ1v) is 12.7. The summed E-state index contributed by atoms with van der Waals surface area (Å²) in [6.45, 7) is 3.13. The fourth-order valence-corrected chi connectivity index (χ4v) is 8.52. The van der Waals surface area contributed by atoms with E-state index < -0.39 is 10.0 Å². The summed E-state index contributed by atoms with van der Waals surface area (Å²) in [5.41, 5.74) is 0.285. The minimum atomic E-state index is -3.25. The van der Waals surface area contributed by atoms with Crippen LogP contribution in [0.2, 0.25) is 0 Å². The molecule has 4 aliphatic heterocycles.